The fourth-order valence-electron chi connectivity index (χ4n) is 1.67. The molecule has 1 aromatic heterocycles. The van der Waals surface area contributed by atoms with Crippen molar-refractivity contribution in [2.75, 3.05) is 26.2 Å². The lowest BCUT2D eigenvalue weighted by atomic mass is 10.3. The van der Waals surface area contributed by atoms with E-state index in [1.54, 1.807) is 4.90 Å². The Labute approximate surface area is 92.7 Å². The van der Waals surface area contributed by atoms with Crippen molar-refractivity contribution in [3.8, 4) is 0 Å². The van der Waals surface area contributed by atoms with Gasteiger partial charge in [-0.25, -0.2) is 4.98 Å². The Balaban J connectivity index is 2.11. The summed E-state index contributed by atoms with van der Waals surface area (Å²) in [6, 6.07) is 0. The van der Waals surface area contributed by atoms with Crippen LogP contribution in [-0.2, 0) is 0 Å². The SMILES string of the molecule is O=C(c1c[nH]c(=O)cn1)N1CCCNCC1. The Morgan fingerprint density at radius 2 is 2.25 bits per heavy atom. The lowest BCUT2D eigenvalue weighted by Crippen LogP contribution is -2.35. The zero-order chi connectivity index (χ0) is 11.4. The summed E-state index contributed by atoms with van der Waals surface area (Å²) in [4.78, 5) is 30.8. The van der Waals surface area contributed by atoms with Gasteiger partial charge in [0.2, 0.25) is 0 Å². The van der Waals surface area contributed by atoms with Gasteiger partial charge in [0.05, 0.1) is 6.20 Å². The van der Waals surface area contributed by atoms with Crippen molar-refractivity contribution >= 4 is 5.91 Å². The van der Waals surface area contributed by atoms with E-state index >= 15 is 0 Å². The molecule has 0 unspecified atom stereocenters. The first-order chi connectivity index (χ1) is 7.77. The van der Waals surface area contributed by atoms with Crippen LogP contribution in [0.5, 0.6) is 0 Å². The molecule has 16 heavy (non-hydrogen) atoms. The minimum absolute atomic E-state index is 0.125. The molecule has 1 saturated heterocycles. The van der Waals surface area contributed by atoms with Gasteiger partial charge in [0, 0.05) is 25.8 Å². The highest BCUT2D eigenvalue weighted by molar-refractivity contribution is 5.91. The molecule has 0 atom stereocenters. The first-order valence-electron chi connectivity index (χ1n) is 5.32. The molecule has 1 fully saturated rings. The van der Waals surface area contributed by atoms with Crippen molar-refractivity contribution in [2.45, 2.75) is 6.42 Å². The Bertz CT molecular complexity index is 401. The van der Waals surface area contributed by atoms with E-state index < -0.39 is 0 Å². The van der Waals surface area contributed by atoms with Crippen LogP contribution < -0.4 is 10.9 Å². The molecule has 1 amide bonds. The van der Waals surface area contributed by atoms with Crippen LogP contribution in [-0.4, -0.2) is 47.0 Å². The Kier molecular flexibility index (Phi) is 3.31. The second-order valence-electron chi connectivity index (χ2n) is 3.69. The minimum atomic E-state index is -0.297. The standard InChI is InChI=1S/C10H14N4O2/c15-9-7-12-8(6-13-9)10(16)14-4-1-2-11-3-5-14/h6-7,11H,1-5H2,(H,13,15). The summed E-state index contributed by atoms with van der Waals surface area (Å²) in [6.45, 7) is 3.14. The van der Waals surface area contributed by atoms with Gasteiger partial charge >= 0.3 is 0 Å². The lowest BCUT2D eigenvalue weighted by Gasteiger charge is -2.18. The van der Waals surface area contributed by atoms with Crippen molar-refractivity contribution in [3.63, 3.8) is 0 Å². The van der Waals surface area contributed by atoms with E-state index in [-0.39, 0.29) is 11.5 Å². The summed E-state index contributed by atoms with van der Waals surface area (Å²) < 4.78 is 0. The molecule has 0 saturated carbocycles. The molecule has 6 heteroatoms. The van der Waals surface area contributed by atoms with E-state index in [0.29, 0.717) is 12.2 Å². The van der Waals surface area contributed by atoms with Crippen LogP contribution in [0.2, 0.25) is 0 Å². The third kappa shape index (κ3) is 2.46. The van der Waals surface area contributed by atoms with E-state index in [4.69, 9.17) is 0 Å². The number of rotatable bonds is 1. The van der Waals surface area contributed by atoms with Gasteiger partial charge in [-0.3, -0.25) is 9.59 Å². The largest absolute Gasteiger partial charge is 0.336 e. The highest BCUT2D eigenvalue weighted by atomic mass is 16.2. The number of amides is 1. The minimum Gasteiger partial charge on any atom is -0.336 e. The van der Waals surface area contributed by atoms with Gasteiger partial charge in [-0.1, -0.05) is 0 Å². The summed E-state index contributed by atoms with van der Waals surface area (Å²) in [5.41, 5.74) is -0.00409. The average molecular weight is 222 g/mol. The summed E-state index contributed by atoms with van der Waals surface area (Å²) in [7, 11) is 0. The predicted octanol–water partition coefficient (Wildman–Crippen LogP) is -0.795. The smallest absolute Gasteiger partial charge is 0.274 e. The van der Waals surface area contributed by atoms with Gasteiger partial charge in [0.15, 0.2) is 0 Å². The van der Waals surface area contributed by atoms with Crippen LogP contribution in [0.25, 0.3) is 0 Å². The summed E-state index contributed by atoms with van der Waals surface area (Å²) >= 11 is 0. The second-order valence-corrected chi connectivity index (χ2v) is 3.69. The van der Waals surface area contributed by atoms with Gasteiger partial charge in [-0.15, -0.1) is 0 Å². The highest BCUT2D eigenvalue weighted by Gasteiger charge is 2.17. The van der Waals surface area contributed by atoms with Gasteiger partial charge < -0.3 is 15.2 Å². The van der Waals surface area contributed by atoms with Gasteiger partial charge in [0.1, 0.15) is 5.69 Å². The Hall–Kier alpha value is -1.69. The number of H-pyrrole nitrogens is 1. The predicted molar refractivity (Wildman–Crippen MR) is 58.2 cm³/mol. The first-order valence-corrected chi connectivity index (χ1v) is 5.32. The van der Waals surface area contributed by atoms with Crippen molar-refractivity contribution in [1.29, 1.82) is 0 Å². The number of hydrogen-bond acceptors (Lipinski definition) is 4. The normalized spacial score (nSPS) is 16.9. The van der Waals surface area contributed by atoms with Crippen LogP contribution >= 0.6 is 0 Å². The topological polar surface area (TPSA) is 78.1 Å². The average Bonchev–Trinajstić information content (AvgIpc) is 2.57. The Morgan fingerprint density at radius 3 is 3.00 bits per heavy atom. The van der Waals surface area contributed by atoms with Crippen LogP contribution in [0.15, 0.2) is 17.2 Å². The molecule has 2 N–H and O–H groups in total. The van der Waals surface area contributed by atoms with E-state index in [2.05, 4.69) is 15.3 Å². The fraction of sp³-hybridized carbons (Fsp3) is 0.500. The fourth-order valence-corrected chi connectivity index (χ4v) is 1.67. The molecular weight excluding hydrogens is 208 g/mol. The van der Waals surface area contributed by atoms with E-state index in [0.717, 1.165) is 32.3 Å². The molecule has 6 nitrogen and oxygen atoms in total. The number of carbonyl (C=O) groups is 1. The number of nitrogens with zero attached hydrogens (tertiary/aromatic N) is 2. The molecule has 2 rings (SSSR count). The van der Waals surface area contributed by atoms with Crippen molar-refractivity contribution in [2.24, 2.45) is 0 Å². The maximum atomic E-state index is 12.0. The van der Waals surface area contributed by atoms with E-state index in [1.807, 2.05) is 0 Å². The zero-order valence-electron chi connectivity index (χ0n) is 8.90. The lowest BCUT2D eigenvalue weighted by molar-refractivity contribution is 0.0760. The highest BCUT2D eigenvalue weighted by Crippen LogP contribution is 2.01. The molecule has 2 heterocycles. The van der Waals surface area contributed by atoms with Crippen LogP contribution in [0.1, 0.15) is 16.9 Å². The molecule has 0 bridgehead atoms. The van der Waals surface area contributed by atoms with Crippen molar-refractivity contribution < 1.29 is 4.79 Å². The molecule has 0 aliphatic carbocycles. The first kappa shape index (κ1) is 10.8. The molecule has 0 aromatic carbocycles. The van der Waals surface area contributed by atoms with Crippen LogP contribution in [0, 0.1) is 0 Å². The maximum absolute atomic E-state index is 12.0. The number of aromatic nitrogens is 2. The summed E-state index contributed by atoms with van der Waals surface area (Å²) in [6.07, 6.45) is 3.43. The molecule has 0 spiro atoms. The van der Waals surface area contributed by atoms with Gasteiger partial charge in [-0.05, 0) is 13.0 Å². The number of hydrogen-bond donors (Lipinski definition) is 2. The monoisotopic (exact) mass is 222 g/mol. The molecule has 1 aliphatic heterocycles. The third-order valence-corrected chi connectivity index (χ3v) is 2.52. The Morgan fingerprint density at radius 1 is 1.38 bits per heavy atom. The quantitative estimate of drug-likeness (QED) is 0.652. The van der Waals surface area contributed by atoms with E-state index in [1.165, 1.54) is 6.20 Å². The molecule has 0 radical (unpaired) electrons. The number of carbonyl (C=O) groups excluding carboxylic acids is 1. The van der Waals surface area contributed by atoms with Gasteiger partial charge in [0.25, 0.3) is 11.5 Å². The summed E-state index contributed by atoms with van der Waals surface area (Å²) in [5, 5.41) is 3.22. The molecular formula is C10H14N4O2. The molecule has 86 valence electrons. The van der Waals surface area contributed by atoms with E-state index in [9.17, 15) is 9.59 Å². The molecule has 1 aliphatic rings. The van der Waals surface area contributed by atoms with Gasteiger partial charge in [-0.2, -0.15) is 0 Å². The zero-order valence-corrected chi connectivity index (χ0v) is 8.90. The second kappa shape index (κ2) is 4.89. The van der Waals surface area contributed by atoms with Crippen LogP contribution in [0.4, 0.5) is 0 Å². The summed E-state index contributed by atoms with van der Waals surface area (Å²) in [5.74, 6) is -0.125. The maximum Gasteiger partial charge on any atom is 0.274 e. The van der Waals surface area contributed by atoms with Crippen molar-refractivity contribution in [1.82, 2.24) is 20.2 Å². The number of aromatic amines is 1. The van der Waals surface area contributed by atoms with Crippen molar-refractivity contribution in [3.05, 3.63) is 28.4 Å². The molecule has 1 aromatic rings. The number of nitrogens with one attached hydrogen (secondary N) is 2. The van der Waals surface area contributed by atoms with Crippen LogP contribution in [0.3, 0.4) is 0 Å². The third-order valence-electron chi connectivity index (χ3n) is 2.52.